The van der Waals surface area contributed by atoms with E-state index in [0.29, 0.717) is 18.8 Å². The molecule has 0 radical (unpaired) electrons. The van der Waals surface area contributed by atoms with Gasteiger partial charge in [0.25, 0.3) is 5.69 Å². The monoisotopic (exact) mass is 438 g/mol. The van der Waals surface area contributed by atoms with Crippen LogP contribution in [0.25, 0.3) is 0 Å². The number of nitro benzene ring substituents is 1. The molecule has 158 valence electrons. The Morgan fingerprint density at radius 2 is 1.76 bits per heavy atom. The largest absolute Gasteiger partial charge is 0.365 e. The zero-order chi connectivity index (χ0) is 21.6. The smallest absolute Gasteiger partial charge is 0.293 e. The van der Waals surface area contributed by atoms with E-state index in [9.17, 15) is 18.5 Å². The first kappa shape index (κ1) is 23.1. The summed E-state index contributed by atoms with van der Waals surface area (Å²) in [6.07, 6.45) is 2.00. The maximum atomic E-state index is 12.5. The van der Waals surface area contributed by atoms with Crippen molar-refractivity contribution in [2.24, 2.45) is 0 Å². The van der Waals surface area contributed by atoms with E-state index in [0.717, 1.165) is 16.5 Å². The molecule has 10 heteroatoms. The van der Waals surface area contributed by atoms with Gasteiger partial charge in [0.05, 0.1) is 9.82 Å². The third-order valence-electron chi connectivity index (χ3n) is 4.30. The molecule has 0 aliphatic heterocycles. The van der Waals surface area contributed by atoms with Gasteiger partial charge in [-0.3, -0.25) is 10.1 Å². The summed E-state index contributed by atoms with van der Waals surface area (Å²) in [7, 11) is 1.58. The average Bonchev–Trinajstić information content (AvgIpc) is 2.67. The normalized spacial score (nSPS) is 11.6. The van der Waals surface area contributed by atoms with Crippen LogP contribution >= 0.6 is 11.8 Å². The topological polar surface area (TPSA) is 95.8 Å². The molecular weight excluding hydrogens is 412 g/mol. The number of nitrogens with zero attached hydrogens (tertiary/aromatic N) is 3. The molecule has 0 unspecified atom stereocenters. The molecule has 0 heterocycles. The Kier molecular flexibility index (Phi) is 8.03. The van der Waals surface area contributed by atoms with Crippen LogP contribution in [-0.4, -0.2) is 58.7 Å². The Bertz CT molecular complexity index is 947. The molecule has 2 aromatic carbocycles. The molecule has 0 spiro atoms. The maximum Gasteiger partial charge on any atom is 0.293 e. The first-order valence-corrected chi connectivity index (χ1v) is 11.6. The number of benzene rings is 2. The van der Waals surface area contributed by atoms with Crippen molar-refractivity contribution in [3.63, 3.8) is 0 Å². The molecule has 8 nitrogen and oxygen atoms in total. The molecule has 2 aromatic rings. The van der Waals surface area contributed by atoms with Crippen molar-refractivity contribution in [1.29, 1.82) is 0 Å². The molecule has 1 N–H and O–H groups in total. The van der Waals surface area contributed by atoms with Crippen LogP contribution < -0.4 is 9.62 Å². The van der Waals surface area contributed by atoms with Gasteiger partial charge in [0, 0.05) is 37.6 Å². The molecule has 0 aliphatic carbocycles. The summed E-state index contributed by atoms with van der Waals surface area (Å²) in [5.74, 6) is 0. The van der Waals surface area contributed by atoms with Crippen LogP contribution in [0.2, 0.25) is 0 Å². The molecule has 0 aromatic heterocycles. The van der Waals surface area contributed by atoms with E-state index >= 15 is 0 Å². The van der Waals surface area contributed by atoms with Crippen LogP contribution in [0.1, 0.15) is 5.56 Å². The Morgan fingerprint density at radius 3 is 2.31 bits per heavy atom. The Morgan fingerprint density at radius 1 is 1.10 bits per heavy atom. The molecule has 0 atom stereocenters. The number of likely N-dealkylation sites (N-methyl/N-ethyl adjacent to an activating group) is 1. The minimum absolute atomic E-state index is 0.121. The van der Waals surface area contributed by atoms with E-state index in [1.807, 2.05) is 49.5 Å². The van der Waals surface area contributed by atoms with Crippen LogP contribution in [0.15, 0.2) is 52.3 Å². The summed E-state index contributed by atoms with van der Waals surface area (Å²) in [6.45, 7) is 1.21. The van der Waals surface area contributed by atoms with Gasteiger partial charge in [-0.2, -0.15) is 0 Å². The Labute approximate surface area is 176 Å². The van der Waals surface area contributed by atoms with Crippen LogP contribution in [0.4, 0.5) is 11.4 Å². The van der Waals surface area contributed by atoms with Gasteiger partial charge in [0.1, 0.15) is 5.69 Å². The first-order chi connectivity index (χ1) is 13.6. The van der Waals surface area contributed by atoms with E-state index in [1.54, 1.807) is 23.7 Å². The van der Waals surface area contributed by atoms with Crippen LogP contribution in [0, 0.1) is 10.1 Å². The van der Waals surface area contributed by atoms with E-state index in [4.69, 9.17) is 0 Å². The SMILES string of the molecule is CSc1ccc(CN(C)c2ccc(S(=O)(=O)NCCN(C)C)cc2[N+](=O)[O-])cc1. The minimum atomic E-state index is -3.82. The van der Waals surface area contributed by atoms with Crippen molar-refractivity contribution in [2.75, 3.05) is 45.4 Å². The number of rotatable bonds is 10. The van der Waals surface area contributed by atoms with Crippen molar-refractivity contribution in [3.05, 3.63) is 58.1 Å². The van der Waals surface area contributed by atoms with Gasteiger partial charge in [-0.05, 0) is 50.2 Å². The van der Waals surface area contributed by atoms with Crippen molar-refractivity contribution < 1.29 is 13.3 Å². The molecule has 0 saturated heterocycles. The molecule has 2 rings (SSSR count). The maximum absolute atomic E-state index is 12.5. The lowest BCUT2D eigenvalue weighted by molar-refractivity contribution is -0.384. The van der Waals surface area contributed by atoms with Crippen LogP contribution in [0.3, 0.4) is 0 Å². The summed E-state index contributed by atoms with van der Waals surface area (Å²) in [5.41, 5.74) is 1.11. The Hall–Kier alpha value is -2.14. The molecule has 0 fully saturated rings. The Balaban J connectivity index is 2.25. The molecule has 0 bridgehead atoms. The first-order valence-electron chi connectivity index (χ1n) is 8.91. The van der Waals surface area contributed by atoms with Crippen molar-refractivity contribution in [3.8, 4) is 0 Å². The van der Waals surface area contributed by atoms with Crippen molar-refractivity contribution in [2.45, 2.75) is 16.3 Å². The predicted octanol–water partition coefficient (Wildman–Crippen LogP) is 2.79. The van der Waals surface area contributed by atoms with Crippen LogP contribution in [0.5, 0.6) is 0 Å². The van der Waals surface area contributed by atoms with Gasteiger partial charge in [-0.25, -0.2) is 13.1 Å². The van der Waals surface area contributed by atoms with E-state index in [2.05, 4.69) is 4.72 Å². The lowest BCUT2D eigenvalue weighted by atomic mass is 10.2. The van der Waals surface area contributed by atoms with Gasteiger partial charge in [0.15, 0.2) is 0 Å². The summed E-state index contributed by atoms with van der Waals surface area (Å²) in [6, 6.07) is 11.9. The number of anilines is 1. The number of thioether (sulfide) groups is 1. The number of hydrogen-bond acceptors (Lipinski definition) is 7. The highest BCUT2D eigenvalue weighted by Gasteiger charge is 2.23. The third-order valence-corrected chi connectivity index (χ3v) is 6.50. The van der Waals surface area contributed by atoms with Crippen LogP contribution in [-0.2, 0) is 16.6 Å². The summed E-state index contributed by atoms with van der Waals surface area (Å²) >= 11 is 1.64. The summed E-state index contributed by atoms with van der Waals surface area (Å²) in [5, 5.41) is 11.6. The van der Waals surface area contributed by atoms with E-state index in [-0.39, 0.29) is 17.1 Å². The molecular formula is C19H26N4O4S2. The highest BCUT2D eigenvalue weighted by molar-refractivity contribution is 7.98. The lowest BCUT2D eigenvalue weighted by Gasteiger charge is -2.20. The fraction of sp³-hybridized carbons (Fsp3) is 0.368. The molecule has 0 aliphatic rings. The predicted molar refractivity (Wildman–Crippen MR) is 117 cm³/mol. The summed E-state index contributed by atoms with van der Waals surface area (Å²) < 4.78 is 27.4. The molecule has 0 amide bonds. The van der Waals surface area contributed by atoms with Gasteiger partial charge in [-0.1, -0.05) is 12.1 Å². The standard InChI is InChI=1S/C19H26N4O4S2/c1-21(2)12-11-20-29(26,27)17-9-10-18(19(13-17)23(24)25)22(3)14-15-5-7-16(28-4)8-6-15/h5-10,13,20H,11-12,14H2,1-4H3. The third kappa shape index (κ3) is 6.43. The highest BCUT2D eigenvalue weighted by atomic mass is 32.2. The van der Waals surface area contributed by atoms with Gasteiger partial charge < -0.3 is 9.80 Å². The van der Waals surface area contributed by atoms with E-state index < -0.39 is 14.9 Å². The van der Waals surface area contributed by atoms with Crippen molar-refractivity contribution in [1.82, 2.24) is 9.62 Å². The second kappa shape index (κ2) is 10.1. The minimum Gasteiger partial charge on any atom is -0.365 e. The number of nitro groups is 1. The van der Waals surface area contributed by atoms with Gasteiger partial charge in [-0.15, -0.1) is 11.8 Å². The second-order valence-electron chi connectivity index (χ2n) is 6.81. The highest BCUT2D eigenvalue weighted by Crippen LogP contribution is 2.31. The second-order valence-corrected chi connectivity index (χ2v) is 9.46. The fourth-order valence-electron chi connectivity index (χ4n) is 2.72. The zero-order valence-electron chi connectivity index (χ0n) is 17.0. The number of sulfonamides is 1. The quantitative estimate of drug-likeness (QED) is 0.346. The van der Waals surface area contributed by atoms with Gasteiger partial charge >= 0.3 is 0 Å². The summed E-state index contributed by atoms with van der Waals surface area (Å²) in [4.78, 5) is 15.6. The zero-order valence-corrected chi connectivity index (χ0v) is 18.6. The molecule has 0 saturated carbocycles. The lowest BCUT2D eigenvalue weighted by Crippen LogP contribution is -2.31. The molecule has 29 heavy (non-hydrogen) atoms. The average molecular weight is 439 g/mol. The number of hydrogen-bond donors (Lipinski definition) is 1. The van der Waals surface area contributed by atoms with Gasteiger partial charge in [0.2, 0.25) is 10.0 Å². The van der Waals surface area contributed by atoms with Crippen molar-refractivity contribution >= 4 is 33.2 Å². The van der Waals surface area contributed by atoms with E-state index in [1.165, 1.54) is 12.1 Å². The fourth-order valence-corrected chi connectivity index (χ4v) is 4.17. The number of nitrogens with one attached hydrogen (secondary N) is 1.